The summed E-state index contributed by atoms with van der Waals surface area (Å²) in [5.41, 5.74) is 0.207. The third kappa shape index (κ3) is 1.84. The van der Waals surface area contributed by atoms with E-state index in [0.717, 1.165) is 31.7 Å². The number of aliphatic hydroxyl groups excluding tert-OH is 1. The number of hydrogen-bond acceptors (Lipinski definition) is 4. The molecule has 0 spiro atoms. The average molecular weight is 248 g/mol. The lowest BCUT2D eigenvalue weighted by atomic mass is 10.00. The SMILES string of the molecule is O=C(O)c1ccc(N2CC3CCC(O)C3C2)nc1. The first-order valence-corrected chi connectivity index (χ1v) is 6.27. The van der Waals surface area contributed by atoms with Gasteiger partial charge in [0, 0.05) is 25.2 Å². The first-order valence-electron chi connectivity index (χ1n) is 6.27. The normalized spacial score (nSPS) is 30.5. The van der Waals surface area contributed by atoms with E-state index in [0.29, 0.717) is 11.8 Å². The van der Waals surface area contributed by atoms with Crippen LogP contribution in [-0.4, -0.2) is 40.4 Å². The molecule has 2 aliphatic rings. The molecule has 1 aliphatic carbocycles. The van der Waals surface area contributed by atoms with Gasteiger partial charge in [-0.25, -0.2) is 9.78 Å². The molecule has 1 aromatic rings. The van der Waals surface area contributed by atoms with Gasteiger partial charge in [0.15, 0.2) is 0 Å². The monoisotopic (exact) mass is 248 g/mol. The van der Waals surface area contributed by atoms with Gasteiger partial charge in [0.1, 0.15) is 5.82 Å². The maximum atomic E-state index is 10.7. The van der Waals surface area contributed by atoms with E-state index in [1.165, 1.54) is 6.20 Å². The van der Waals surface area contributed by atoms with Crippen LogP contribution >= 0.6 is 0 Å². The third-order valence-corrected chi connectivity index (χ3v) is 4.14. The summed E-state index contributed by atoms with van der Waals surface area (Å²) in [6.45, 7) is 1.74. The Hall–Kier alpha value is -1.62. The van der Waals surface area contributed by atoms with Crippen molar-refractivity contribution in [2.24, 2.45) is 11.8 Å². The van der Waals surface area contributed by atoms with E-state index in [1.807, 2.05) is 0 Å². The van der Waals surface area contributed by atoms with E-state index in [2.05, 4.69) is 9.88 Å². The highest BCUT2D eigenvalue weighted by atomic mass is 16.4. The molecule has 18 heavy (non-hydrogen) atoms. The summed E-state index contributed by atoms with van der Waals surface area (Å²) in [7, 11) is 0. The highest BCUT2D eigenvalue weighted by molar-refractivity contribution is 5.87. The van der Waals surface area contributed by atoms with Crippen molar-refractivity contribution in [1.29, 1.82) is 0 Å². The Balaban J connectivity index is 1.75. The molecule has 1 aromatic heterocycles. The minimum atomic E-state index is -0.956. The molecule has 3 unspecified atom stereocenters. The van der Waals surface area contributed by atoms with Crippen LogP contribution in [0.3, 0.4) is 0 Å². The van der Waals surface area contributed by atoms with Gasteiger partial charge in [-0.1, -0.05) is 0 Å². The number of anilines is 1. The van der Waals surface area contributed by atoms with E-state index in [-0.39, 0.29) is 11.7 Å². The molecular weight excluding hydrogens is 232 g/mol. The zero-order valence-electron chi connectivity index (χ0n) is 9.99. The summed E-state index contributed by atoms with van der Waals surface area (Å²) in [5, 5.41) is 18.7. The molecule has 0 bridgehead atoms. The van der Waals surface area contributed by atoms with Gasteiger partial charge < -0.3 is 15.1 Å². The highest BCUT2D eigenvalue weighted by Crippen LogP contribution is 2.39. The van der Waals surface area contributed by atoms with Crippen LogP contribution in [0.2, 0.25) is 0 Å². The molecule has 1 aliphatic heterocycles. The fraction of sp³-hybridized carbons (Fsp3) is 0.538. The van der Waals surface area contributed by atoms with Crippen molar-refractivity contribution in [1.82, 2.24) is 4.98 Å². The molecule has 0 radical (unpaired) electrons. The van der Waals surface area contributed by atoms with E-state index in [9.17, 15) is 9.90 Å². The molecule has 2 N–H and O–H groups in total. The summed E-state index contributed by atoms with van der Waals surface area (Å²) >= 11 is 0. The van der Waals surface area contributed by atoms with Crippen LogP contribution in [0.1, 0.15) is 23.2 Å². The number of pyridine rings is 1. The predicted molar refractivity (Wildman–Crippen MR) is 65.6 cm³/mol. The molecule has 2 heterocycles. The van der Waals surface area contributed by atoms with Gasteiger partial charge in [-0.3, -0.25) is 0 Å². The standard InChI is InChI=1S/C13H16N2O3/c16-11-3-1-9-6-15(7-10(9)11)12-4-2-8(5-14-12)13(17)18/h2,4-5,9-11,16H,1,3,6-7H2,(H,17,18). The van der Waals surface area contributed by atoms with Crippen molar-refractivity contribution in [3.8, 4) is 0 Å². The Kier molecular flexibility index (Phi) is 2.70. The van der Waals surface area contributed by atoms with Gasteiger partial charge in [-0.15, -0.1) is 0 Å². The number of carboxylic acids is 1. The smallest absolute Gasteiger partial charge is 0.337 e. The van der Waals surface area contributed by atoms with E-state index in [1.54, 1.807) is 12.1 Å². The van der Waals surface area contributed by atoms with E-state index >= 15 is 0 Å². The highest BCUT2D eigenvalue weighted by Gasteiger charge is 2.42. The number of aliphatic hydroxyl groups is 1. The Morgan fingerprint density at radius 2 is 2.17 bits per heavy atom. The lowest BCUT2D eigenvalue weighted by molar-refractivity contribution is 0.0696. The van der Waals surface area contributed by atoms with Crippen LogP contribution in [-0.2, 0) is 0 Å². The Morgan fingerprint density at radius 1 is 1.33 bits per heavy atom. The number of fused-ring (bicyclic) bond motifs is 1. The topological polar surface area (TPSA) is 73.7 Å². The average Bonchev–Trinajstić information content (AvgIpc) is 2.92. The Bertz CT molecular complexity index is 460. The fourth-order valence-corrected chi connectivity index (χ4v) is 3.12. The molecule has 5 nitrogen and oxygen atoms in total. The van der Waals surface area contributed by atoms with Gasteiger partial charge >= 0.3 is 5.97 Å². The van der Waals surface area contributed by atoms with Gasteiger partial charge in [-0.05, 0) is 30.9 Å². The molecular formula is C13H16N2O3. The molecule has 0 aromatic carbocycles. The number of carboxylic acid groups (broad SMARTS) is 1. The summed E-state index contributed by atoms with van der Waals surface area (Å²) in [6.07, 6.45) is 3.20. The van der Waals surface area contributed by atoms with Crippen molar-refractivity contribution in [3.05, 3.63) is 23.9 Å². The summed E-state index contributed by atoms with van der Waals surface area (Å²) in [5.74, 6) is 0.760. The van der Waals surface area contributed by atoms with Gasteiger partial charge in [-0.2, -0.15) is 0 Å². The zero-order chi connectivity index (χ0) is 12.7. The molecule has 3 rings (SSSR count). The molecule has 96 valence electrons. The Morgan fingerprint density at radius 3 is 2.78 bits per heavy atom. The minimum absolute atomic E-state index is 0.182. The number of aromatic nitrogens is 1. The van der Waals surface area contributed by atoms with Crippen LogP contribution in [0.5, 0.6) is 0 Å². The van der Waals surface area contributed by atoms with Crippen molar-refractivity contribution >= 4 is 11.8 Å². The molecule has 0 amide bonds. The summed E-state index contributed by atoms with van der Waals surface area (Å²) in [4.78, 5) is 17.1. The van der Waals surface area contributed by atoms with Gasteiger partial charge in [0.2, 0.25) is 0 Å². The largest absolute Gasteiger partial charge is 0.478 e. The third-order valence-electron chi connectivity index (χ3n) is 4.14. The maximum Gasteiger partial charge on any atom is 0.337 e. The number of rotatable bonds is 2. The first-order chi connectivity index (χ1) is 8.65. The number of carbonyl (C=O) groups is 1. The molecule has 1 saturated heterocycles. The van der Waals surface area contributed by atoms with Crippen molar-refractivity contribution in [2.45, 2.75) is 18.9 Å². The second-order valence-corrected chi connectivity index (χ2v) is 5.18. The van der Waals surface area contributed by atoms with Crippen molar-refractivity contribution < 1.29 is 15.0 Å². The molecule has 5 heteroatoms. The zero-order valence-corrected chi connectivity index (χ0v) is 9.99. The number of aromatic carboxylic acids is 1. The van der Waals surface area contributed by atoms with E-state index in [4.69, 9.17) is 5.11 Å². The quantitative estimate of drug-likeness (QED) is 0.816. The molecule has 3 atom stereocenters. The lowest BCUT2D eigenvalue weighted by Crippen LogP contribution is -2.25. The summed E-state index contributed by atoms with van der Waals surface area (Å²) < 4.78 is 0. The van der Waals surface area contributed by atoms with Gasteiger partial charge in [0.25, 0.3) is 0 Å². The van der Waals surface area contributed by atoms with Crippen LogP contribution in [0.15, 0.2) is 18.3 Å². The van der Waals surface area contributed by atoms with Crippen LogP contribution in [0, 0.1) is 11.8 Å². The second-order valence-electron chi connectivity index (χ2n) is 5.18. The second kappa shape index (κ2) is 4.24. The van der Waals surface area contributed by atoms with Crippen LogP contribution in [0.4, 0.5) is 5.82 Å². The van der Waals surface area contributed by atoms with Crippen molar-refractivity contribution in [2.75, 3.05) is 18.0 Å². The number of hydrogen-bond donors (Lipinski definition) is 2. The fourth-order valence-electron chi connectivity index (χ4n) is 3.12. The Labute approximate surface area is 105 Å². The van der Waals surface area contributed by atoms with Gasteiger partial charge in [0.05, 0.1) is 11.7 Å². The molecule has 1 saturated carbocycles. The lowest BCUT2D eigenvalue weighted by Gasteiger charge is -2.19. The summed E-state index contributed by atoms with van der Waals surface area (Å²) in [6, 6.07) is 3.33. The van der Waals surface area contributed by atoms with E-state index < -0.39 is 5.97 Å². The molecule has 2 fully saturated rings. The minimum Gasteiger partial charge on any atom is -0.478 e. The van der Waals surface area contributed by atoms with Crippen molar-refractivity contribution in [3.63, 3.8) is 0 Å². The maximum absolute atomic E-state index is 10.7. The first kappa shape index (κ1) is 11.5. The van der Waals surface area contributed by atoms with Crippen LogP contribution in [0.25, 0.3) is 0 Å². The van der Waals surface area contributed by atoms with Crippen LogP contribution < -0.4 is 4.90 Å². The predicted octanol–water partition coefficient (Wildman–Crippen LogP) is 0.987. The number of nitrogens with zero attached hydrogens (tertiary/aromatic N) is 2.